The summed E-state index contributed by atoms with van der Waals surface area (Å²) in [6.45, 7) is 3.40. The molecule has 2 aliphatic rings. The van der Waals surface area contributed by atoms with Crippen LogP contribution in [0.2, 0.25) is 0 Å². The summed E-state index contributed by atoms with van der Waals surface area (Å²) < 4.78 is 53.2. The number of carbonyl (C=O) groups is 2. The normalized spacial score (nSPS) is 20.0. The standard InChI is InChI=1S/C23H23ClF2N4O4S/c1-12(4-5-13(2)24)19-20(27-17(31)10-35(3,33)34)21-22(32)28-23(11-30(21)29-19)7-6-14-8-15(25)9-16(26)18(14)23/h4-5,8-9H,6-7,10-11H2,1-3H3,(H,27,31)(H,28,32)/b12-4+,13-5+/t23-/m1/s1. The molecule has 1 spiro atoms. The van der Waals surface area contributed by atoms with Crippen LogP contribution in [0.1, 0.15) is 47.6 Å². The van der Waals surface area contributed by atoms with E-state index in [0.29, 0.717) is 29.0 Å². The second kappa shape index (κ2) is 8.87. The second-order valence-corrected chi connectivity index (χ2v) is 11.6. The highest BCUT2D eigenvalue weighted by Gasteiger charge is 2.48. The molecule has 0 fully saturated rings. The summed E-state index contributed by atoms with van der Waals surface area (Å²) >= 11 is 5.91. The third kappa shape index (κ3) is 4.87. The number of nitrogens with one attached hydrogen (secondary N) is 2. The molecule has 4 rings (SSSR count). The third-order valence-electron chi connectivity index (χ3n) is 5.97. The number of anilines is 1. The van der Waals surface area contributed by atoms with Crippen LogP contribution in [-0.2, 0) is 33.1 Å². The van der Waals surface area contributed by atoms with Crippen LogP contribution in [-0.4, -0.2) is 42.0 Å². The Labute approximate surface area is 205 Å². The number of fused-ring (bicyclic) bond motifs is 3. The number of hydrogen-bond acceptors (Lipinski definition) is 5. The van der Waals surface area contributed by atoms with Crippen LogP contribution in [0.4, 0.5) is 14.5 Å². The molecule has 12 heteroatoms. The third-order valence-corrected chi connectivity index (χ3v) is 6.88. The first-order valence-corrected chi connectivity index (χ1v) is 13.1. The fraction of sp³-hybridized carbons (Fsp3) is 0.348. The molecule has 2 N–H and O–H groups in total. The SMILES string of the molecule is C/C(Cl)=C\C=C(/C)c1nn2c(c1NC(=O)CS(C)(=O)=O)C(=O)N[C@]1(CCc3cc(F)cc(F)c31)C2. The fourth-order valence-electron chi connectivity index (χ4n) is 4.62. The Bertz CT molecular complexity index is 1430. The van der Waals surface area contributed by atoms with Gasteiger partial charge in [0.05, 0.1) is 12.1 Å². The molecule has 1 atom stereocenters. The zero-order valence-corrected chi connectivity index (χ0v) is 20.8. The molecule has 1 aliphatic heterocycles. The number of benzene rings is 1. The topological polar surface area (TPSA) is 110 Å². The molecule has 0 radical (unpaired) electrons. The van der Waals surface area contributed by atoms with Crippen molar-refractivity contribution in [3.63, 3.8) is 0 Å². The molecular formula is C23H23ClF2N4O4S. The molecule has 1 aromatic carbocycles. The Kier molecular flexibility index (Phi) is 6.35. The zero-order chi connectivity index (χ0) is 25.7. The lowest BCUT2D eigenvalue weighted by molar-refractivity contribution is -0.113. The highest BCUT2D eigenvalue weighted by atomic mass is 35.5. The van der Waals surface area contributed by atoms with Gasteiger partial charge in [0, 0.05) is 22.9 Å². The first-order valence-electron chi connectivity index (χ1n) is 10.7. The first-order chi connectivity index (χ1) is 16.3. The molecule has 35 heavy (non-hydrogen) atoms. The Morgan fingerprint density at radius 2 is 2.03 bits per heavy atom. The van der Waals surface area contributed by atoms with Crippen LogP contribution in [0.25, 0.3) is 5.57 Å². The van der Waals surface area contributed by atoms with Gasteiger partial charge < -0.3 is 10.6 Å². The van der Waals surface area contributed by atoms with Gasteiger partial charge in [0.15, 0.2) is 15.5 Å². The largest absolute Gasteiger partial charge is 0.339 e. The van der Waals surface area contributed by atoms with Crippen molar-refractivity contribution < 1.29 is 26.8 Å². The zero-order valence-electron chi connectivity index (χ0n) is 19.2. The summed E-state index contributed by atoms with van der Waals surface area (Å²) in [4.78, 5) is 25.8. The van der Waals surface area contributed by atoms with E-state index in [-0.39, 0.29) is 29.2 Å². The lowest BCUT2D eigenvalue weighted by Gasteiger charge is -2.36. The maximum atomic E-state index is 14.8. The van der Waals surface area contributed by atoms with E-state index in [1.807, 2.05) is 0 Å². The molecule has 186 valence electrons. The van der Waals surface area contributed by atoms with Gasteiger partial charge in [-0.15, -0.1) is 0 Å². The Hall–Kier alpha value is -3.05. The Morgan fingerprint density at radius 3 is 2.69 bits per heavy atom. The van der Waals surface area contributed by atoms with Gasteiger partial charge in [0.25, 0.3) is 5.91 Å². The van der Waals surface area contributed by atoms with Crippen LogP contribution in [0.5, 0.6) is 0 Å². The Morgan fingerprint density at radius 1 is 1.31 bits per heavy atom. The summed E-state index contributed by atoms with van der Waals surface area (Å²) in [5.74, 6) is -3.69. The van der Waals surface area contributed by atoms with E-state index in [0.717, 1.165) is 12.3 Å². The number of aromatic nitrogens is 2. The van der Waals surface area contributed by atoms with Gasteiger partial charge in [-0.05, 0) is 50.0 Å². The van der Waals surface area contributed by atoms with Gasteiger partial charge in [-0.2, -0.15) is 5.10 Å². The van der Waals surface area contributed by atoms with Gasteiger partial charge in [0.2, 0.25) is 5.91 Å². The maximum absolute atomic E-state index is 14.8. The van der Waals surface area contributed by atoms with E-state index < -0.39 is 44.6 Å². The highest BCUT2D eigenvalue weighted by Crippen LogP contribution is 2.43. The molecule has 1 aliphatic carbocycles. The second-order valence-electron chi connectivity index (χ2n) is 8.91. The average Bonchev–Trinajstić information content (AvgIpc) is 3.23. The van der Waals surface area contributed by atoms with Crippen molar-refractivity contribution in [1.29, 1.82) is 0 Å². The van der Waals surface area contributed by atoms with Gasteiger partial charge in [0.1, 0.15) is 28.8 Å². The molecule has 0 bridgehead atoms. The van der Waals surface area contributed by atoms with Gasteiger partial charge >= 0.3 is 0 Å². The van der Waals surface area contributed by atoms with Crippen molar-refractivity contribution in [1.82, 2.24) is 15.1 Å². The minimum absolute atomic E-state index is 0.00257. The van der Waals surface area contributed by atoms with Gasteiger partial charge in [-0.1, -0.05) is 17.7 Å². The van der Waals surface area contributed by atoms with Crippen molar-refractivity contribution in [2.75, 3.05) is 17.3 Å². The number of aryl methyl sites for hydroxylation is 1. The number of allylic oxidation sites excluding steroid dienone is 4. The number of carbonyl (C=O) groups excluding carboxylic acids is 2. The van der Waals surface area contributed by atoms with Crippen LogP contribution in [0.3, 0.4) is 0 Å². The predicted octanol–water partition coefficient (Wildman–Crippen LogP) is 3.28. The predicted molar refractivity (Wildman–Crippen MR) is 128 cm³/mol. The monoisotopic (exact) mass is 524 g/mol. The lowest BCUT2D eigenvalue weighted by atomic mass is 9.89. The van der Waals surface area contributed by atoms with Crippen LogP contribution >= 0.6 is 11.6 Å². The summed E-state index contributed by atoms with van der Waals surface area (Å²) in [5, 5.41) is 10.4. The maximum Gasteiger partial charge on any atom is 0.272 e. The highest BCUT2D eigenvalue weighted by molar-refractivity contribution is 7.91. The van der Waals surface area contributed by atoms with Gasteiger partial charge in [-0.25, -0.2) is 17.2 Å². The van der Waals surface area contributed by atoms with E-state index in [4.69, 9.17) is 11.6 Å². The van der Waals surface area contributed by atoms with E-state index in [1.165, 1.54) is 10.7 Å². The molecule has 0 saturated carbocycles. The summed E-state index contributed by atoms with van der Waals surface area (Å²) in [5.41, 5.74) is 0.369. The molecule has 1 aromatic heterocycles. The van der Waals surface area contributed by atoms with E-state index in [9.17, 15) is 26.8 Å². The number of amides is 2. The van der Waals surface area contributed by atoms with Crippen molar-refractivity contribution in [2.45, 2.75) is 38.8 Å². The fourth-order valence-corrected chi connectivity index (χ4v) is 5.23. The summed E-state index contributed by atoms with van der Waals surface area (Å²) in [6.07, 6.45) is 4.87. The van der Waals surface area contributed by atoms with Crippen molar-refractivity contribution in [2.24, 2.45) is 0 Å². The number of nitrogens with zero attached hydrogens (tertiary/aromatic N) is 2. The van der Waals surface area contributed by atoms with Crippen LogP contribution in [0.15, 0.2) is 29.3 Å². The molecule has 0 unspecified atom stereocenters. The number of halogens is 3. The van der Waals surface area contributed by atoms with E-state index in [2.05, 4.69) is 15.7 Å². The quantitative estimate of drug-likeness (QED) is 0.583. The van der Waals surface area contributed by atoms with Crippen LogP contribution < -0.4 is 10.6 Å². The number of hydrogen-bond donors (Lipinski definition) is 2. The molecule has 2 heterocycles. The molecule has 8 nitrogen and oxygen atoms in total. The molecule has 0 saturated heterocycles. The minimum atomic E-state index is -3.63. The number of sulfone groups is 1. The molecule has 2 amide bonds. The summed E-state index contributed by atoms with van der Waals surface area (Å²) in [7, 11) is -3.63. The Balaban J connectivity index is 1.83. The number of rotatable bonds is 5. The van der Waals surface area contributed by atoms with Crippen LogP contribution in [0, 0.1) is 11.6 Å². The minimum Gasteiger partial charge on any atom is -0.339 e. The molecule has 2 aromatic rings. The van der Waals surface area contributed by atoms with Crippen molar-refractivity contribution in [3.05, 3.63) is 63.5 Å². The van der Waals surface area contributed by atoms with E-state index >= 15 is 0 Å². The van der Waals surface area contributed by atoms with Crippen molar-refractivity contribution >= 4 is 44.5 Å². The van der Waals surface area contributed by atoms with Crippen molar-refractivity contribution in [3.8, 4) is 0 Å². The smallest absolute Gasteiger partial charge is 0.272 e. The van der Waals surface area contributed by atoms with Gasteiger partial charge in [-0.3, -0.25) is 14.3 Å². The van der Waals surface area contributed by atoms with E-state index in [1.54, 1.807) is 26.0 Å². The lowest BCUT2D eigenvalue weighted by Crippen LogP contribution is -2.53. The molecular weight excluding hydrogens is 502 g/mol. The first kappa shape index (κ1) is 25.1. The average molecular weight is 525 g/mol. The summed E-state index contributed by atoms with van der Waals surface area (Å²) in [6, 6.07) is 2.04.